The highest BCUT2D eigenvalue weighted by Gasteiger charge is 2.19. The van der Waals surface area contributed by atoms with E-state index in [1.807, 2.05) is 13.3 Å². The molecular weight excluding hydrogens is 248 g/mol. The van der Waals surface area contributed by atoms with E-state index in [4.69, 9.17) is 10.5 Å². The van der Waals surface area contributed by atoms with Crippen molar-refractivity contribution in [1.29, 1.82) is 0 Å². The Bertz CT molecular complexity index is 245. The summed E-state index contributed by atoms with van der Waals surface area (Å²) < 4.78 is 5.33. The molecule has 0 aromatic carbocycles. The monoisotopic (exact) mass is 274 g/mol. The molecule has 1 rings (SSSR count). The number of carbonyl (C=O) groups is 1. The van der Waals surface area contributed by atoms with Gasteiger partial charge >= 0.3 is 0 Å². The van der Waals surface area contributed by atoms with Gasteiger partial charge in [-0.25, -0.2) is 0 Å². The lowest BCUT2D eigenvalue weighted by molar-refractivity contribution is -0.131. The summed E-state index contributed by atoms with van der Waals surface area (Å²) in [5.74, 6) is 1.73. The molecule has 1 atom stereocenters. The van der Waals surface area contributed by atoms with Gasteiger partial charge in [0.05, 0.1) is 6.04 Å². The van der Waals surface area contributed by atoms with Gasteiger partial charge in [0, 0.05) is 26.8 Å². The van der Waals surface area contributed by atoms with Crippen LogP contribution in [0.4, 0.5) is 0 Å². The maximum Gasteiger partial charge on any atom is 0.239 e. The third-order valence-corrected chi connectivity index (χ3v) is 4.18. The Hall–Kier alpha value is -0.260. The third-order valence-electron chi connectivity index (χ3n) is 3.54. The Morgan fingerprint density at radius 2 is 2.17 bits per heavy atom. The van der Waals surface area contributed by atoms with E-state index in [0.717, 1.165) is 51.2 Å². The molecule has 0 aromatic heterocycles. The molecule has 2 N–H and O–H groups in total. The fraction of sp³-hybridized carbons (Fsp3) is 0.923. The van der Waals surface area contributed by atoms with Crippen LogP contribution in [0.25, 0.3) is 0 Å². The normalized spacial score (nSPS) is 18.6. The Labute approximate surface area is 115 Å². The summed E-state index contributed by atoms with van der Waals surface area (Å²) in [6, 6.07) is -0.336. The topological polar surface area (TPSA) is 55.6 Å². The van der Waals surface area contributed by atoms with Crippen molar-refractivity contribution in [3.8, 4) is 0 Å². The lowest BCUT2D eigenvalue weighted by Crippen LogP contribution is -2.42. The Morgan fingerprint density at radius 3 is 2.78 bits per heavy atom. The molecule has 0 saturated carbocycles. The molecule has 0 unspecified atom stereocenters. The van der Waals surface area contributed by atoms with Crippen LogP contribution in [0.1, 0.15) is 25.7 Å². The Balaban J connectivity index is 2.21. The maximum atomic E-state index is 12.0. The summed E-state index contributed by atoms with van der Waals surface area (Å²) in [5.41, 5.74) is 5.89. The van der Waals surface area contributed by atoms with Crippen molar-refractivity contribution in [2.45, 2.75) is 31.7 Å². The van der Waals surface area contributed by atoms with Crippen molar-refractivity contribution in [1.82, 2.24) is 4.90 Å². The number of hydrogen-bond donors (Lipinski definition) is 1. The zero-order valence-electron chi connectivity index (χ0n) is 11.6. The molecule has 1 saturated heterocycles. The summed E-state index contributed by atoms with van der Waals surface area (Å²) >= 11 is 1.73. The fourth-order valence-corrected chi connectivity index (χ4v) is 2.66. The van der Waals surface area contributed by atoms with Crippen molar-refractivity contribution in [2.75, 3.05) is 38.8 Å². The van der Waals surface area contributed by atoms with Gasteiger partial charge in [-0.2, -0.15) is 11.8 Å². The SMILES string of the molecule is CSCC[C@H](N)C(=O)N(C)CCC1CCOCC1. The zero-order chi connectivity index (χ0) is 13.4. The van der Waals surface area contributed by atoms with Gasteiger partial charge in [-0.3, -0.25) is 4.79 Å². The Kier molecular flexibility index (Phi) is 7.70. The minimum atomic E-state index is -0.336. The van der Waals surface area contributed by atoms with Gasteiger partial charge in [0.1, 0.15) is 0 Å². The van der Waals surface area contributed by atoms with Crippen molar-refractivity contribution in [3.05, 3.63) is 0 Å². The van der Waals surface area contributed by atoms with E-state index in [0.29, 0.717) is 5.92 Å². The Morgan fingerprint density at radius 1 is 1.50 bits per heavy atom. The lowest BCUT2D eigenvalue weighted by atomic mass is 9.96. The van der Waals surface area contributed by atoms with Crippen molar-refractivity contribution < 1.29 is 9.53 Å². The van der Waals surface area contributed by atoms with E-state index in [1.54, 1.807) is 16.7 Å². The maximum absolute atomic E-state index is 12.0. The van der Waals surface area contributed by atoms with Gasteiger partial charge in [-0.05, 0) is 43.6 Å². The average Bonchev–Trinajstić information content (AvgIpc) is 2.42. The second-order valence-corrected chi connectivity index (χ2v) is 5.98. The van der Waals surface area contributed by atoms with Gasteiger partial charge in [-0.15, -0.1) is 0 Å². The van der Waals surface area contributed by atoms with Gasteiger partial charge < -0.3 is 15.4 Å². The smallest absolute Gasteiger partial charge is 0.239 e. The minimum Gasteiger partial charge on any atom is -0.381 e. The third kappa shape index (κ3) is 5.59. The molecule has 1 amide bonds. The van der Waals surface area contributed by atoms with Gasteiger partial charge in [-0.1, -0.05) is 0 Å². The highest BCUT2D eigenvalue weighted by atomic mass is 32.2. The molecule has 106 valence electrons. The first-order valence-corrected chi connectivity index (χ1v) is 8.11. The summed E-state index contributed by atoms with van der Waals surface area (Å²) in [4.78, 5) is 13.8. The molecule has 0 radical (unpaired) electrons. The predicted molar refractivity (Wildman–Crippen MR) is 76.8 cm³/mol. The number of carbonyl (C=O) groups excluding carboxylic acids is 1. The molecule has 0 aromatic rings. The van der Waals surface area contributed by atoms with Crippen LogP contribution in [0.15, 0.2) is 0 Å². The number of rotatable bonds is 7. The second kappa shape index (κ2) is 8.77. The van der Waals surface area contributed by atoms with Gasteiger partial charge in [0.15, 0.2) is 0 Å². The average molecular weight is 274 g/mol. The zero-order valence-corrected chi connectivity index (χ0v) is 12.4. The molecule has 4 nitrogen and oxygen atoms in total. The minimum absolute atomic E-state index is 0.0797. The van der Waals surface area contributed by atoms with Crippen molar-refractivity contribution in [2.24, 2.45) is 11.7 Å². The molecule has 0 bridgehead atoms. The van der Waals surface area contributed by atoms with Crippen LogP contribution in [-0.2, 0) is 9.53 Å². The van der Waals surface area contributed by atoms with Crippen LogP contribution in [0.2, 0.25) is 0 Å². The first kappa shape index (κ1) is 15.8. The molecule has 1 fully saturated rings. The number of ether oxygens (including phenoxy) is 1. The quantitative estimate of drug-likeness (QED) is 0.761. The van der Waals surface area contributed by atoms with Crippen LogP contribution in [0.3, 0.4) is 0 Å². The molecular formula is C13H26N2O2S. The molecule has 0 spiro atoms. The van der Waals surface area contributed by atoms with E-state index in [1.165, 1.54) is 0 Å². The highest BCUT2D eigenvalue weighted by Crippen LogP contribution is 2.18. The van der Waals surface area contributed by atoms with Crippen molar-refractivity contribution in [3.63, 3.8) is 0 Å². The fourth-order valence-electron chi connectivity index (χ4n) is 2.17. The molecule has 1 heterocycles. The van der Waals surface area contributed by atoms with Gasteiger partial charge in [0.25, 0.3) is 0 Å². The van der Waals surface area contributed by atoms with Crippen LogP contribution in [-0.4, -0.2) is 55.7 Å². The second-order valence-electron chi connectivity index (χ2n) is 4.99. The number of likely N-dealkylation sites (N-methyl/N-ethyl adjacent to an activating group) is 1. The first-order valence-electron chi connectivity index (χ1n) is 6.72. The van der Waals surface area contributed by atoms with Crippen LogP contribution < -0.4 is 5.73 Å². The van der Waals surface area contributed by atoms with E-state index in [9.17, 15) is 4.79 Å². The van der Waals surface area contributed by atoms with Crippen LogP contribution in [0, 0.1) is 5.92 Å². The van der Waals surface area contributed by atoms with E-state index in [-0.39, 0.29) is 11.9 Å². The molecule has 0 aliphatic carbocycles. The van der Waals surface area contributed by atoms with E-state index >= 15 is 0 Å². The number of nitrogens with zero attached hydrogens (tertiary/aromatic N) is 1. The standard InChI is InChI=1S/C13H26N2O2S/c1-15(13(16)12(14)6-10-18-2)7-3-11-4-8-17-9-5-11/h11-12H,3-10,14H2,1-2H3/t12-/m0/s1. The van der Waals surface area contributed by atoms with Crippen LogP contribution in [0.5, 0.6) is 0 Å². The molecule has 18 heavy (non-hydrogen) atoms. The number of hydrogen-bond acceptors (Lipinski definition) is 4. The highest BCUT2D eigenvalue weighted by molar-refractivity contribution is 7.98. The number of thioether (sulfide) groups is 1. The summed E-state index contributed by atoms with van der Waals surface area (Å²) in [5, 5.41) is 0. The van der Waals surface area contributed by atoms with E-state index < -0.39 is 0 Å². The van der Waals surface area contributed by atoms with E-state index in [2.05, 4.69) is 0 Å². The summed E-state index contributed by atoms with van der Waals surface area (Å²) in [6.07, 6.45) is 6.12. The molecule has 5 heteroatoms. The predicted octanol–water partition coefficient (Wildman–Crippen LogP) is 1.34. The molecule has 1 aliphatic rings. The van der Waals surface area contributed by atoms with Crippen molar-refractivity contribution >= 4 is 17.7 Å². The molecule has 1 aliphatic heterocycles. The van der Waals surface area contributed by atoms with Gasteiger partial charge in [0.2, 0.25) is 5.91 Å². The summed E-state index contributed by atoms with van der Waals surface area (Å²) in [6.45, 7) is 2.56. The number of amides is 1. The lowest BCUT2D eigenvalue weighted by Gasteiger charge is -2.26. The first-order chi connectivity index (χ1) is 8.65. The largest absolute Gasteiger partial charge is 0.381 e. The number of nitrogens with two attached hydrogens (primary N) is 1. The summed E-state index contributed by atoms with van der Waals surface area (Å²) in [7, 11) is 1.86. The van der Waals surface area contributed by atoms with Crippen LogP contribution >= 0.6 is 11.8 Å².